The van der Waals surface area contributed by atoms with Crippen molar-refractivity contribution in [2.75, 3.05) is 12.3 Å². The van der Waals surface area contributed by atoms with Gasteiger partial charge in [0.25, 0.3) is 5.91 Å². The third-order valence-corrected chi connectivity index (χ3v) is 13.6. The Bertz CT molecular complexity index is 1330. The van der Waals surface area contributed by atoms with Crippen LogP contribution in [0.5, 0.6) is 0 Å². The van der Waals surface area contributed by atoms with Crippen LogP contribution in [0.1, 0.15) is 131 Å². The van der Waals surface area contributed by atoms with Crippen molar-refractivity contribution in [3.05, 3.63) is 0 Å². The number of carbonyl (C=O) groups is 5. The third kappa shape index (κ3) is 9.76. The fourth-order valence-electron chi connectivity index (χ4n) is 7.92. The summed E-state index contributed by atoms with van der Waals surface area (Å²) in [5.41, 5.74) is -1.64. The van der Waals surface area contributed by atoms with Gasteiger partial charge in [-0.1, -0.05) is 80.1 Å². The molecule has 0 aromatic heterocycles. The number of nitrogens with one attached hydrogen (secondary N) is 4. The molecule has 13 heteroatoms. The van der Waals surface area contributed by atoms with E-state index in [0.29, 0.717) is 51.5 Å². The van der Waals surface area contributed by atoms with Gasteiger partial charge < -0.3 is 26.2 Å². The number of urea groups is 1. The van der Waals surface area contributed by atoms with Crippen LogP contribution >= 0.6 is 0 Å². The standard InChI is InChI=1S/C36H61N5O7S/c1-7-8-14-26(29(42)32(44)37-25-16-17-25)38-31(43)27-21-24(23(2)3)22-41(27)33(45)30(35(4,5)6)39-34(46)40-36(18-11-9-12-19-36)28-15-10-13-20-49(28,47)48/h23-28,30H,7-22H2,1-6H3,(H,37,44)(H,38,43)(H2,39,40,46)/t24?,26-,27-,28?,30+/m0/s1. The highest BCUT2D eigenvalue weighted by Crippen LogP contribution is 2.39. The largest absolute Gasteiger partial charge is 0.347 e. The maximum absolute atomic E-state index is 14.5. The van der Waals surface area contributed by atoms with Gasteiger partial charge in [0.05, 0.1) is 22.6 Å². The normalized spacial score (nSPS) is 26.3. The molecule has 2 saturated heterocycles. The highest BCUT2D eigenvalue weighted by molar-refractivity contribution is 7.92. The van der Waals surface area contributed by atoms with Gasteiger partial charge in [0.2, 0.25) is 17.6 Å². The van der Waals surface area contributed by atoms with E-state index in [4.69, 9.17) is 0 Å². The number of hydrogen-bond acceptors (Lipinski definition) is 7. The first-order valence-corrected chi connectivity index (χ1v) is 20.5. The number of likely N-dealkylation sites (tertiary alicyclic amines) is 1. The number of Topliss-reactive ketones (excluding diaryl/α,β-unsaturated/α-hetero) is 1. The van der Waals surface area contributed by atoms with Crippen molar-refractivity contribution in [3.8, 4) is 0 Å². The van der Waals surface area contributed by atoms with Gasteiger partial charge in [-0.05, 0) is 68.6 Å². The van der Waals surface area contributed by atoms with E-state index >= 15 is 0 Å². The highest BCUT2D eigenvalue weighted by atomic mass is 32.2. The number of hydrogen-bond donors (Lipinski definition) is 4. The Kier molecular flexibility index (Phi) is 12.8. The maximum atomic E-state index is 14.5. The van der Waals surface area contributed by atoms with Crippen LogP contribution in [0.15, 0.2) is 0 Å². The second-order valence-corrected chi connectivity index (χ2v) is 18.8. The van der Waals surface area contributed by atoms with Gasteiger partial charge in [0.1, 0.15) is 12.1 Å². The van der Waals surface area contributed by atoms with Crippen molar-refractivity contribution in [1.29, 1.82) is 0 Å². The zero-order valence-corrected chi connectivity index (χ0v) is 31.4. The lowest BCUT2D eigenvalue weighted by atomic mass is 9.77. The van der Waals surface area contributed by atoms with Gasteiger partial charge in [-0.2, -0.15) is 0 Å². The molecule has 2 heterocycles. The monoisotopic (exact) mass is 707 g/mol. The summed E-state index contributed by atoms with van der Waals surface area (Å²) in [5.74, 6) is -1.95. The molecule has 49 heavy (non-hydrogen) atoms. The van der Waals surface area contributed by atoms with Gasteiger partial charge >= 0.3 is 6.03 Å². The minimum atomic E-state index is -3.39. The maximum Gasteiger partial charge on any atom is 0.315 e. The van der Waals surface area contributed by atoms with E-state index in [-0.39, 0.29) is 23.6 Å². The first-order valence-electron chi connectivity index (χ1n) is 18.7. The van der Waals surface area contributed by atoms with E-state index in [0.717, 1.165) is 44.9 Å². The zero-order valence-electron chi connectivity index (χ0n) is 30.6. The molecule has 2 aliphatic carbocycles. The topological polar surface area (TPSA) is 171 Å². The summed E-state index contributed by atoms with van der Waals surface area (Å²) in [6.07, 6.45) is 9.49. The molecular formula is C36H61N5O7S. The lowest BCUT2D eigenvalue weighted by Gasteiger charge is -2.45. The number of nitrogens with zero attached hydrogens (tertiary/aromatic N) is 1. The summed E-state index contributed by atoms with van der Waals surface area (Å²) in [4.78, 5) is 69.7. The van der Waals surface area contributed by atoms with Gasteiger partial charge in [-0.15, -0.1) is 0 Å². The Morgan fingerprint density at radius 1 is 0.918 bits per heavy atom. The first kappa shape index (κ1) is 39.1. The smallest absolute Gasteiger partial charge is 0.315 e. The molecule has 0 bridgehead atoms. The SMILES string of the molecule is CCCC[C@H](NC(=O)[C@@H]1CC(C(C)C)CN1C(=O)[C@@H](NC(=O)NC1(C2CCCCS2(=O)=O)CCCCC1)C(C)(C)C)C(=O)C(=O)NC1CC1. The summed E-state index contributed by atoms with van der Waals surface area (Å²) in [6.45, 7) is 11.9. The minimum Gasteiger partial charge on any atom is -0.347 e. The molecule has 5 atom stereocenters. The van der Waals surface area contributed by atoms with E-state index in [1.165, 1.54) is 4.90 Å². The summed E-state index contributed by atoms with van der Waals surface area (Å²) in [5, 5.41) is 10.9. The van der Waals surface area contributed by atoms with Crippen molar-refractivity contribution >= 4 is 39.4 Å². The number of carbonyl (C=O) groups excluding carboxylic acids is 5. The Balaban J connectivity index is 1.54. The molecule has 2 aliphatic heterocycles. The van der Waals surface area contributed by atoms with Gasteiger partial charge in [-0.25, -0.2) is 13.2 Å². The quantitative estimate of drug-likeness (QED) is 0.211. The van der Waals surface area contributed by atoms with Crippen LogP contribution in [0.3, 0.4) is 0 Å². The van der Waals surface area contributed by atoms with Crippen LogP contribution in [0, 0.1) is 17.3 Å². The first-order chi connectivity index (χ1) is 23.0. The van der Waals surface area contributed by atoms with Gasteiger partial charge in [0.15, 0.2) is 9.84 Å². The Morgan fingerprint density at radius 3 is 2.16 bits per heavy atom. The molecule has 0 aromatic rings. The summed E-state index contributed by atoms with van der Waals surface area (Å²) in [6, 6.07) is -3.46. The summed E-state index contributed by atoms with van der Waals surface area (Å²) >= 11 is 0. The van der Waals surface area contributed by atoms with Crippen molar-refractivity contribution in [3.63, 3.8) is 0 Å². The van der Waals surface area contributed by atoms with Crippen LogP contribution in [0.25, 0.3) is 0 Å². The Labute approximate surface area is 293 Å². The predicted molar refractivity (Wildman–Crippen MR) is 188 cm³/mol. The molecule has 278 valence electrons. The molecule has 2 saturated carbocycles. The number of amides is 5. The van der Waals surface area contributed by atoms with E-state index in [9.17, 15) is 32.4 Å². The average molecular weight is 708 g/mol. The molecule has 4 aliphatic rings. The van der Waals surface area contributed by atoms with E-state index in [1.54, 1.807) is 0 Å². The van der Waals surface area contributed by atoms with Crippen LogP contribution in [-0.2, 0) is 29.0 Å². The second-order valence-electron chi connectivity index (χ2n) is 16.5. The third-order valence-electron chi connectivity index (χ3n) is 11.2. The van der Waals surface area contributed by atoms with Gasteiger partial charge in [-0.3, -0.25) is 19.2 Å². The fourth-order valence-corrected chi connectivity index (χ4v) is 10.3. The van der Waals surface area contributed by atoms with E-state index in [2.05, 4.69) is 21.3 Å². The van der Waals surface area contributed by atoms with Crippen LogP contribution in [0.2, 0.25) is 0 Å². The molecule has 4 N–H and O–H groups in total. The number of unbranched alkanes of at least 4 members (excludes halogenated alkanes) is 1. The highest BCUT2D eigenvalue weighted by Gasteiger charge is 2.50. The number of rotatable bonds is 13. The molecule has 5 amide bonds. The second kappa shape index (κ2) is 16.1. The van der Waals surface area contributed by atoms with Crippen molar-refractivity contribution < 1.29 is 32.4 Å². The predicted octanol–water partition coefficient (Wildman–Crippen LogP) is 3.77. The average Bonchev–Trinajstić information content (AvgIpc) is 3.73. The molecule has 4 rings (SSSR count). The van der Waals surface area contributed by atoms with Crippen molar-refractivity contribution in [2.24, 2.45) is 17.3 Å². The number of ketones is 1. The van der Waals surface area contributed by atoms with E-state index in [1.807, 2.05) is 41.5 Å². The molecule has 2 unspecified atom stereocenters. The summed E-state index contributed by atoms with van der Waals surface area (Å²) < 4.78 is 26.5. The van der Waals surface area contributed by atoms with Crippen LogP contribution in [0.4, 0.5) is 4.79 Å². The fraction of sp³-hybridized carbons (Fsp3) is 0.861. The minimum absolute atomic E-state index is 0.00723. The zero-order chi connectivity index (χ0) is 36.1. The van der Waals surface area contributed by atoms with E-state index < -0.39 is 73.7 Å². The molecular weight excluding hydrogens is 646 g/mol. The van der Waals surface area contributed by atoms with Crippen molar-refractivity contribution in [2.45, 2.75) is 166 Å². The summed E-state index contributed by atoms with van der Waals surface area (Å²) in [7, 11) is -3.39. The van der Waals surface area contributed by atoms with Crippen LogP contribution < -0.4 is 21.3 Å². The van der Waals surface area contributed by atoms with Crippen LogP contribution in [-0.4, -0.2) is 90.1 Å². The Morgan fingerprint density at radius 2 is 1.59 bits per heavy atom. The molecule has 4 fully saturated rings. The van der Waals surface area contributed by atoms with Crippen molar-refractivity contribution in [1.82, 2.24) is 26.2 Å². The lowest BCUT2D eigenvalue weighted by molar-refractivity contribution is -0.144. The Hall–Kier alpha value is -2.70. The molecule has 0 radical (unpaired) electrons. The molecule has 0 spiro atoms. The number of sulfone groups is 1. The molecule has 12 nitrogen and oxygen atoms in total. The lowest BCUT2D eigenvalue weighted by Crippen LogP contribution is -2.65. The molecule has 0 aromatic carbocycles. The van der Waals surface area contributed by atoms with Gasteiger partial charge in [0, 0.05) is 12.6 Å².